The Kier molecular flexibility index (Phi) is 3.56. The van der Waals surface area contributed by atoms with Gasteiger partial charge in [-0.15, -0.1) is 0 Å². The van der Waals surface area contributed by atoms with E-state index in [0.717, 1.165) is 27.9 Å². The zero-order valence-corrected chi connectivity index (χ0v) is 13.8. The monoisotopic (exact) mass is 311 g/mol. The summed E-state index contributed by atoms with van der Waals surface area (Å²) in [4.78, 5) is 8.48. The Morgan fingerprint density at radius 2 is 1.78 bits per heavy atom. The summed E-state index contributed by atoms with van der Waals surface area (Å²) in [5.74, 6) is 0.417. The van der Waals surface area contributed by atoms with E-state index in [1.54, 1.807) is 6.92 Å². The van der Waals surface area contributed by atoms with Crippen molar-refractivity contribution < 1.29 is 5.11 Å². The molecule has 6 nitrogen and oxygen atoms in total. The topological polar surface area (TPSA) is 89.9 Å². The fourth-order valence-electron chi connectivity index (χ4n) is 2.56. The van der Waals surface area contributed by atoms with Gasteiger partial charge in [0, 0.05) is 5.56 Å². The minimum absolute atomic E-state index is 0.225. The van der Waals surface area contributed by atoms with Gasteiger partial charge in [0.25, 0.3) is 0 Å². The molecule has 0 aliphatic carbocycles. The molecule has 120 valence electrons. The smallest absolute Gasteiger partial charge is 0.164 e. The van der Waals surface area contributed by atoms with Crippen LogP contribution in [0.5, 0.6) is 0 Å². The van der Waals surface area contributed by atoms with Gasteiger partial charge in [-0.25, -0.2) is 14.6 Å². The van der Waals surface area contributed by atoms with E-state index >= 15 is 0 Å². The van der Waals surface area contributed by atoms with E-state index in [4.69, 9.17) is 10.8 Å². The van der Waals surface area contributed by atoms with Crippen LogP contribution in [0.15, 0.2) is 30.6 Å². The van der Waals surface area contributed by atoms with Gasteiger partial charge in [-0.05, 0) is 33.3 Å². The summed E-state index contributed by atoms with van der Waals surface area (Å²) in [6, 6.07) is 7.65. The van der Waals surface area contributed by atoms with Crippen LogP contribution in [0, 0.1) is 0 Å². The fraction of sp³-hybridized carbons (Fsp3) is 0.353. The van der Waals surface area contributed by atoms with Gasteiger partial charge in [-0.2, -0.15) is 5.10 Å². The van der Waals surface area contributed by atoms with E-state index in [-0.39, 0.29) is 5.54 Å². The molecule has 0 spiro atoms. The van der Waals surface area contributed by atoms with Crippen molar-refractivity contribution in [3.05, 3.63) is 36.2 Å². The van der Waals surface area contributed by atoms with Crippen molar-refractivity contribution >= 4 is 16.9 Å². The van der Waals surface area contributed by atoms with Crippen molar-refractivity contribution in [3.63, 3.8) is 0 Å². The molecule has 0 fully saturated rings. The second kappa shape index (κ2) is 5.31. The predicted octanol–water partition coefficient (Wildman–Crippen LogP) is 2.88. The molecule has 0 saturated heterocycles. The average Bonchev–Trinajstić information content (AvgIpc) is 2.88. The molecule has 0 amide bonds. The van der Waals surface area contributed by atoms with Gasteiger partial charge in [0.2, 0.25) is 0 Å². The highest BCUT2D eigenvalue weighted by Gasteiger charge is 2.23. The van der Waals surface area contributed by atoms with Gasteiger partial charge < -0.3 is 10.8 Å². The number of anilines is 1. The Balaban J connectivity index is 2.25. The van der Waals surface area contributed by atoms with Crippen LogP contribution >= 0.6 is 0 Å². The molecule has 1 aromatic carbocycles. The summed E-state index contributed by atoms with van der Waals surface area (Å²) in [5, 5.41) is 15.1. The molecule has 1 unspecified atom stereocenters. The summed E-state index contributed by atoms with van der Waals surface area (Å²) < 4.78 is 1.87. The number of aliphatic hydroxyl groups excluding tert-OH is 1. The third-order valence-corrected chi connectivity index (χ3v) is 3.80. The lowest BCUT2D eigenvalue weighted by atomic mass is 10.0. The molecule has 2 aromatic heterocycles. The molecular weight excluding hydrogens is 290 g/mol. The van der Waals surface area contributed by atoms with Crippen molar-refractivity contribution in [2.45, 2.75) is 39.3 Å². The lowest BCUT2D eigenvalue weighted by Gasteiger charge is -2.19. The number of aliphatic hydroxyl groups is 1. The largest absolute Gasteiger partial charge is 0.389 e. The van der Waals surface area contributed by atoms with Crippen LogP contribution in [-0.2, 0) is 5.54 Å². The molecule has 6 heteroatoms. The van der Waals surface area contributed by atoms with Crippen molar-refractivity contribution in [1.29, 1.82) is 0 Å². The van der Waals surface area contributed by atoms with Gasteiger partial charge in [-0.1, -0.05) is 24.3 Å². The molecule has 0 saturated carbocycles. The first-order chi connectivity index (χ1) is 10.8. The lowest BCUT2D eigenvalue weighted by Crippen LogP contribution is -2.23. The number of rotatable bonds is 2. The minimum Gasteiger partial charge on any atom is -0.389 e. The maximum absolute atomic E-state index is 9.65. The Morgan fingerprint density at radius 3 is 2.35 bits per heavy atom. The Morgan fingerprint density at radius 1 is 1.13 bits per heavy atom. The van der Waals surface area contributed by atoms with Gasteiger partial charge in [0.05, 0.1) is 17.0 Å². The van der Waals surface area contributed by atoms with Crippen molar-refractivity contribution in [2.24, 2.45) is 0 Å². The quantitative estimate of drug-likeness (QED) is 0.759. The summed E-state index contributed by atoms with van der Waals surface area (Å²) >= 11 is 0. The summed E-state index contributed by atoms with van der Waals surface area (Å²) in [7, 11) is 0. The van der Waals surface area contributed by atoms with E-state index in [2.05, 4.69) is 30.7 Å². The van der Waals surface area contributed by atoms with E-state index < -0.39 is 6.10 Å². The molecule has 0 bridgehead atoms. The van der Waals surface area contributed by atoms with Crippen LogP contribution in [0.3, 0.4) is 0 Å². The van der Waals surface area contributed by atoms with E-state index in [9.17, 15) is 5.11 Å². The van der Waals surface area contributed by atoms with Crippen LogP contribution in [0.1, 0.15) is 39.4 Å². The number of nitrogens with zero attached hydrogens (tertiary/aromatic N) is 4. The Bertz CT molecular complexity index is 844. The summed E-state index contributed by atoms with van der Waals surface area (Å²) in [6.07, 6.45) is 0.961. The third-order valence-electron chi connectivity index (χ3n) is 3.80. The van der Waals surface area contributed by atoms with Gasteiger partial charge in [-0.3, -0.25) is 0 Å². The maximum atomic E-state index is 9.65. The maximum Gasteiger partial charge on any atom is 0.164 e. The second-order valence-corrected chi connectivity index (χ2v) is 6.69. The van der Waals surface area contributed by atoms with Crippen LogP contribution in [0.2, 0.25) is 0 Å². The molecule has 23 heavy (non-hydrogen) atoms. The number of nitrogen functional groups attached to an aromatic ring is 1. The first-order valence-corrected chi connectivity index (χ1v) is 7.57. The first-order valence-electron chi connectivity index (χ1n) is 7.57. The van der Waals surface area contributed by atoms with Crippen LogP contribution in [0.25, 0.3) is 22.3 Å². The molecule has 0 aliphatic heterocycles. The number of nitrogens with two attached hydrogens (primary N) is 1. The lowest BCUT2D eigenvalue weighted by molar-refractivity contribution is 0.199. The van der Waals surface area contributed by atoms with Gasteiger partial charge >= 0.3 is 0 Å². The zero-order valence-electron chi connectivity index (χ0n) is 13.8. The first kappa shape index (κ1) is 15.4. The fourth-order valence-corrected chi connectivity index (χ4v) is 2.56. The van der Waals surface area contributed by atoms with Crippen LogP contribution in [0.4, 0.5) is 5.82 Å². The molecule has 3 N–H and O–H groups in total. The standard InChI is InChI=1S/C17H21N5O/c1-10(23)11-5-7-12(8-6-11)14-13-15(18)19-9-20-16(13)22(21-14)17(2,3)4/h5-10,23H,1-4H3,(H2,18,19,20). The number of fused-ring (bicyclic) bond motifs is 1. The third kappa shape index (κ3) is 2.66. The van der Waals surface area contributed by atoms with Gasteiger partial charge in [0.15, 0.2) is 5.65 Å². The number of hydrogen-bond donors (Lipinski definition) is 2. The highest BCUT2D eigenvalue weighted by molar-refractivity contribution is 5.98. The molecule has 3 aromatic rings. The molecular formula is C17H21N5O. The van der Waals surface area contributed by atoms with Crippen LogP contribution < -0.4 is 5.73 Å². The zero-order chi connectivity index (χ0) is 16.8. The minimum atomic E-state index is -0.499. The molecule has 2 heterocycles. The molecule has 0 aliphatic rings. The highest BCUT2D eigenvalue weighted by Crippen LogP contribution is 2.33. The SMILES string of the molecule is CC(O)c1ccc(-c2nn(C(C)(C)C)c3ncnc(N)c23)cc1. The summed E-state index contributed by atoms with van der Waals surface area (Å²) in [5.41, 5.74) is 9.12. The van der Waals surface area contributed by atoms with Crippen molar-refractivity contribution in [1.82, 2.24) is 19.7 Å². The molecule has 3 rings (SSSR count). The van der Waals surface area contributed by atoms with Crippen LogP contribution in [-0.4, -0.2) is 24.9 Å². The number of benzene rings is 1. The van der Waals surface area contributed by atoms with E-state index in [1.807, 2.05) is 28.9 Å². The number of aromatic nitrogens is 4. The Labute approximate surface area is 135 Å². The highest BCUT2D eigenvalue weighted by atomic mass is 16.3. The van der Waals surface area contributed by atoms with E-state index in [0.29, 0.717) is 5.82 Å². The second-order valence-electron chi connectivity index (χ2n) is 6.69. The van der Waals surface area contributed by atoms with Gasteiger partial charge in [0.1, 0.15) is 17.8 Å². The van der Waals surface area contributed by atoms with E-state index in [1.165, 1.54) is 6.33 Å². The average molecular weight is 311 g/mol. The molecule has 0 radical (unpaired) electrons. The predicted molar refractivity (Wildman–Crippen MR) is 90.8 cm³/mol. The number of hydrogen-bond acceptors (Lipinski definition) is 5. The summed E-state index contributed by atoms with van der Waals surface area (Å²) in [6.45, 7) is 7.94. The Hall–Kier alpha value is -2.47. The molecule has 1 atom stereocenters. The van der Waals surface area contributed by atoms with Crippen molar-refractivity contribution in [3.8, 4) is 11.3 Å². The normalized spacial score (nSPS) is 13.4. The van der Waals surface area contributed by atoms with Crippen molar-refractivity contribution in [2.75, 3.05) is 5.73 Å².